The second-order valence-corrected chi connectivity index (χ2v) is 5.10. The molecule has 0 fully saturated rings. The maximum absolute atomic E-state index is 11.2. The molecule has 0 saturated carbocycles. The van der Waals surface area contributed by atoms with Gasteiger partial charge in [0.2, 0.25) is 0 Å². The van der Waals surface area contributed by atoms with Crippen molar-refractivity contribution in [1.29, 1.82) is 0 Å². The van der Waals surface area contributed by atoms with E-state index in [1.807, 2.05) is 12.1 Å². The van der Waals surface area contributed by atoms with E-state index in [9.17, 15) is 9.90 Å². The van der Waals surface area contributed by atoms with Gasteiger partial charge in [-0.25, -0.2) is 4.79 Å². The summed E-state index contributed by atoms with van der Waals surface area (Å²) in [5.41, 5.74) is 2.61. The molecule has 0 aliphatic carbocycles. The Morgan fingerprint density at radius 3 is 3.00 bits per heavy atom. The zero-order valence-corrected chi connectivity index (χ0v) is 11.6. The van der Waals surface area contributed by atoms with E-state index in [1.165, 1.54) is 0 Å². The smallest absolute Gasteiger partial charge is 0.335 e. The molecule has 4 nitrogen and oxygen atoms in total. The molecule has 1 atom stereocenters. The van der Waals surface area contributed by atoms with Crippen LogP contribution in [0.25, 0.3) is 0 Å². The Morgan fingerprint density at radius 1 is 1.53 bits per heavy atom. The number of ether oxygens (including phenoxy) is 1. The van der Waals surface area contributed by atoms with Gasteiger partial charge in [0.1, 0.15) is 0 Å². The van der Waals surface area contributed by atoms with Gasteiger partial charge in [-0.05, 0) is 37.0 Å². The maximum atomic E-state index is 11.2. The quantitative estimate of drug-likeness (QED) is 0.884. The van der Waals surface area contributed by atoms with Gasteiger partial charge in [0, 0.05) is 32.8 Å². The number of carboxylic acids is 1. The highest BCUT2D eigenvalue weighted by molar-refractivity contribution is 5.89. The summed E-state index contributed by atoms with van der Waals surface area (Å²) in [5.74, 6) is -0.822. The van der Waals surface area contributed by atoms with Crippen molar-refractivity contribution in [2.24, 2.45) is 0 Å². The molecule has 0 amide bonds. The van der Waals surface area contributed by atoms with Gasteiger partial charge in [-0.15, -0.1) is 0 Å². The summed E-state index contributed by atoms with van der Waals surface area (Å²) >= 11 is 0. The van der Waals surface area contributed by atoms with Crippen LogP contribution in [0, 0.1) is 0 Å². The average Bonchev–Trinajstić information content (AvgIpc) is 2.43. The van der Waals surface area contributed by atoms with Gasteiger partial charge < -0.3 is 9.84 Å². The van der Waals surface area contributed by atoms with Crippen molar-refractivity contribution in [3.63, 3.8) is 0 Å². The first kappa shape index (κ1) is 14.0. The van der Waals surface area contributed by atoms with Crippen LogP contribution in [0.4, 0.5) is 0 Å². The lowest BCUT2D eigenvalue weighted by atomic mass is 9.93. The molecule has 1 N–H and O–H groups in total. The number of fused-ring (bicyclic) bond motifs is 1. The topological polar surface area (TPSA) is 49.8 Å². The number of nitrogens with zero attached hydrogens (tertiary/aromatic N) is 1. The SMILES string of the molecule is COCCC(C)N1CCc2c(cccc2C(=O)O)C1. The summed E-state index contributed by atoms with van der Waals surface area (Å²) < 4.78 is 5.12. The maximum Gasteiger partial charge on any atom is 0.335 e. The van der Waals surface area contributed by atoms with Crippen molar-refractivity contribution in [2.45, 2.75) is 32.4 Å². The van der Waals surface area contributed by atoms with Gasteiger partial charge in [-0.3, -0.25) is 4.90 Å². The number of methoxy groups -OCH3 is 1. The lowest BCUT2D eigenvalue weighted by Gasteiger charge is -2.34. The number of rotatable bonds is 5. The Labute approximate surface area is 114 Å². The van der Waals surface area contributed by atoms with Crippen molar-refractivity contribution in [1.82, 2.24) is 4.90 Å². The van der Waals surface area contributed by atoms with Crippen LogP contribution in [0.2, 0.25) is 0 Å². The van der Waals surface area contributed by atoms with E-state index in [2.05, 4.69) is 11.8 Å². The molecule has 0 aromatic heterocycles. The molecule has 0 radical (unpaired) electrons. The molecule has 104 valence electrons. The van der Waals surface area contributed by atoms with Crippen LogP contribution in [0.3, 0.4) is 0 Å². The largest absolute Gasteiger partial charge is 0.478 e. The van der Waals surface area contributed by atoms with Crippen LogP contribution in [-0.2, 0) is 17.7 Å². The average molecular weight is 263 g/mol. The van der Waals surface area contributed by atoms with Gasteiger partial charge in [-0.2, -0.15) is 0 Å². The molecular weight excluding hydrogens is 242 g/mol. The summed E-state index contributed by atoms with van der Waals surface area (Å²) in [4.78, 5) is 13.6. The number of aromatic carboxylic acids is 1. The van der Waals surface area contributed by atoms with Crippen LogP contribution in [0.1, 0.15) is 34.8 Å². The van der Waals surface area contributed by atoms with Crippen LogP contribution in [0.5, 0.6) is 0 Å². The predicted molar refractivity (Wildman–Crippen MR) is 73.5 cm³/mol. The molecule has 1 aliphatic rings. The summed E-state index contributed by atoms with van der Waals surface area (Å²) in [6.07, 6.45) is 1.82. The molecule has 2 rings (SSSR count). The van der Waals surface area contributed by atoms with Crippen LogP contribution >= 0.6 is 0 Å². The lowest BCUT2D eigenvalue weighted by molar-refractivity contribution is 0.0694. The van der Waals surface area contributed by atoms with Crippen molar-refractivity contribution in [2.75, 3.05) is 20.3 Å². The monoisotopic (exact) mass is 263 g/mol. The minimum Gasteiger partial charge on any atom is -0.478 e. The van der Waals surface area contributed by atoms with Crippen LogP contribution < -0.4 is 0 Å². The fourth-order valence-corrected chi connectivity index (χ4v) is 2.68. The number of carboxylic acid groups (broad SMARTS) is 1. The fourth-order valence-electron chi connectivity index (χ4n) is 2.68. The van der Waals surface area contributed by atoms with Gasteiger partial charge in [0.05, 0.1) is 5.56 Å². The molecule has 1 aliphatic heterocycles. The van der Waals surface area contributed by atoms with E-state index < -0.39 is 5.97 Å². The molecular formula is C15H21NO3. The van der Waals surface area contributed by atoms with Gasteiger partial charge >= 0.3 is 5.97 Å². The molecule has 1 aromatic carbocycles. The zero-order chi connectivity index (χ0) is 13.8. The Morgan fingerprint density at radius 2 is 2.32 bits per heavy atom. The predicted octanol–water partition coefficient (Wildman–Crippen LogP) is 2.17. The first-order valence-corrected chi connectivity index (χ1v) is 6.70. The highest BCUT2D eigenvalue weighted by Gasteiger charge is 2.23. The summed E-state index contributed by atoms with van der Waals surface area (Å²) in [6, 6.07) is 6.04. The molecule has 19 heavy (non-hydrogen) atoms. The van der Waals surface area contributed by atoms with E-state index in [0.29, 0.717) is 11.6 Å². The molecule has 1 unspecified atom stereocenters. The third-order valence-electron chi connectivity index (χ3n) is 3.89. The van der Waals surface area contributed by atoms with Crippen molar-refractivity contribution >= 4 is 5.97 Å². The van der Waals surface area contributed by atoms with Gasteiger partial charge in [0.15, 0.2) is 0 Å². The molecule has 0 saturated heterocycles. The minimum atomic E-state index is -0.822. The fraction of sp³-hybridized carbons (Fsp3) is 0.533. The number of carbonyl (C=O) groups is 1. The number of hydrogen-bond donors (Lipinski definition) is 1. The third-order valence-corrected chi connectivity index (χ3v) is 3.89. The van der Waals surface area contributed by atoms with E-state index >= 15 is 0 Å². The summed E-state index contributed by atoms with van der Waals surface area (Å²) in [6.45, 7) is 4.72. The summed E-state index contributed by atoms with van der Waals surface area (Å²) in [7, 11) is 1.72. The summed E-state index contributed by atoms with van der Waals surface area (Å²) in [5, 5.41) is 9.20. The van der Waals surface area contributed by atoms with E-state index in [1.54, 1.807) is 13.2 Å². The number of benzene rings is 1. The molecule has 1 heterocycles. The van der Waals surface area contributed by atoms with Crippen molar-refractivity contribution in [3.05, 3.63) is 34.9 Å². The Kier molecular flexibility index (Phi) is 4.56. The first-order valence-electron chi connectivity index (χ1n) is 6.70. The lowest BCUT2D eigenvalue weighted by Crippen LogP contribution is -2.38. The Hall–Kier alpha value is -1.39. The van der Waals surface area contributed by atoms with Crippen LogP contribution in [-0.4, -0.2) is 42.3 Å². The molecule has 0 spiro atoms. The Balaban J connectivity index is 2.12. The van der Waals surface area contributed by atoms with Crippen molar-refractivity contribution < 1.29 is 14.6 Å². The van der Waals surface area contributed by atoms with Crippen LogP contribution in [0.15, 0.2) is 18.2 Å². The third kappa shape index (κ3) is 3.14. The highest BCUT2D eigenvalue weighted by Crippen LogP contribution is 2.24. The molecule has 1 aromatic rings. The van der Waals surface area contributed by atoms with E-state index in [4.69, 9.17) is 4.74 Å². The first-order chi connectivity index (χ1) is 9.13. The minimum absolute atomic E-state index is 0.460. The number of hydrogen-bond acceptors (Lipinski definition) is 3. The standard InChI is InChI=1S/C15H21NO3/c1-11(7-9-19-2)16-8-6-13-12(10-16)4-3-5-14(13)15(17)18/h3-5,11H,6-10H2,1-2H3,(H,17,18). The second-order valence-electron chi connectivity index (χ2n) is 5.10. The van der Waals surface area contributed by atoms with E-state index in [0.717, 1.165) is 43.7 Å². The Bertz CT molecular complexity index is 459. The zero-order valence-electron chi connectivity index (χ0n) is 11.6. The van der Waals surface area contributed by atoms with E-state index in [-0.39, 0.29) is 0 Å². The van der Waals surface area contributed by atoms with Gasteiger partial charge in [-0.1, -0.05) is 12.1 Å². The second kappa shape index (κ2) is 6.17. The molecule has 4 heteroatoms. The highest BCUT2D eigenvalue weighted by atomic mass is 16.5. The normalized spacial score (nSPS) is 16.9. The van der Waals surface area contributed by atoms with Gasteiger partial charge in [0.25, 0.3) is 0 Å². The van der Waals surface area contributed by atoms with Crippen molar-refractivity contribution in [3.8, 4) is 0 Å². The molecule has 0 bridgehead atoms.